The predicted octanol–water partition coefficient (Wildman–Crippen LogP) is 3.88. The number of carbonyl (C=O) groups is 1. The standard InChI is InChI=1S/C15H22N2O2S/c1-15(2,3)19-14(18)17-9-5-6-12(17)11-7-8-13(20-4)16-10-11/h7-8,10,12H,5-6,9H2,1-4H3. The van der Waals surface area contributed by atoms with Crippen LogP contribution < -0.4 is 0 Å². The Kier molecular flexibility index (Phi) is 4.58. The van der Waals surface area contributed by atoms with Crippen molar-refractivity contribution in [2.75, 3.05) is 12.8 Å². The van der Waals surface area contributed by atoms with Gasteiger partial charge < -0.3 is 9.64 Å². The van der Waals surface area contributed by atoms with Crippen LogP contribution >= 0.6 is 11.8 Å². The van der Waals surface area contributed by atoms with Gasteiger partial charge in [-0.05, 0) is 51.5 Å². The van der Waals surface area contributed by atoms with E-state index in [4.69, 9.17) is 4.74 Å². The van der Waals surface area contributed by atoms with E-state index in [0.29, 0.717) is 0 Å². The predicted molar refractivity (Wildman–Crippen MR) is 80.9 cm³/mol. The molecular formula is C15H22N2O2S. The maximum absolute atomic E-state index is 12.2. The highest BCUT2D eigenvalue weighted by atomic mass is 32.2. The van der Waals surface area contributed by atoms with Crippen LogP contribution in [0.15, 0.2) is 23.4 Å². The van der Waals surface area contributed by atoms with E-state index in [-0.39, 0.29) is 12.1 Å². The van der Waals surface area contributed by atoms with Gasteiger partial charge in [-0.3, -0.25) is 0 Å². The van der Waals surface area contributed by atoms with Gasteiger partial charge in [-0.1, -0.05) is 6.07 Å². The quantitative estimate of drug-likeness (QED) is 0.776. The normalized spacial score (nSPS) is 19.2. The van der Waals surface area contributed by atoms with Gasteiger partial charge in [0, 0.05) is 12.7 Å². The van der Waals surface area contributed by atoms with Gasteiger partial charge in [0.05, 0.1) is 11.1 Å². The van der Waals surface area contributed by atoms with Crippen LogP contribution in [0.2, 0.25) is 0 Å². The largest absolute Gasteiger partial charge is 0.444 e. The smallest absolute Gasteiger partial charge is 0.410 e. The molecule has 1 amide bonds. The lowest BCUT2D eigenvalue weighted by Crippen LogP contribution is -2.36. The molecule has 4 nitrogen and oxygen atoms in total. The van der Waals surface area contributed by atoms with Crippen LogP contribution in [-0.4, -0.2) is 34.4 Å². The van der Waals surface area contributed by atoms with Gasteiger partial charge in [0.25, 0.3) is 0 Å². The van der Waals surface area contributed by atoms with Crippen molar-refractivity contribution in [3.8, 4) is 0 Å². The maximum Gasteiger partial charge on any atom is 0.410 e. The molecule has 1 aromatic heterocycles. The third kappa shape index (κ3) is 3.66. The Labute approximate surface area is 124 Å². The zero-order chi connectivity index (χ0) is 14.8. The fourth-order valence-corrected chi connectivity index (χ4v) is 2.72. The van der Waals surface area contributed by atoms with E-state index in [0.717, 1.165) is 30.0 Å². The van der Waals surface area contributed by atoms with E-state index < -0.39 is 5.60 Å². The Balaban J connectivity index is 2.12. The molecule has 0 bridgehead atoms. The molecule has 0 aliphatic carbocycles. The third-order valence-electron chi connectivity index (χ3n) is 3.23. The summed E-state index contributed by atoms with van der Waals surface area (Å²) in [6, 6.07) is 4.16. The van der Waals surface area contributed by atoms with Gasteiger partial charge >= 0.3 is 6.09 Å². The number of likely N-dealkylation sites (tertiary alicyclic amines) is 1. The van der Waals surface area contributed by atoms with Gasteiger partial charge in [-0.2, -0.15) is 0 Å². The number of ether oxygens (including phenoxy) is 1. The Morgan fingerprint density at radius 3 is 2.75 bits per heavy atom. The van der Waals surface area contributed by atoms with Crippen LogP contribution in [0.4, 0.5) is 4.79 Å². The van der Waals surface area contributed by atoms with Crippen LogP contribution in [0.1, 0.15) is 45.2 Å². The van der Waals surface area contributed by atoms with Crippen molar-refractivity contribution >= 4 is 17.9 Å². The molecule has 0 N–H and O–H groups in total. The van der Waals surface area contributed by atoms with Crippen LogP contribution in [-0.2, 0) is 4.74 Å². The number of carbonyl (C=O) groups excluding carboxylic acids is 1. The van der Waals surface area contributed by atoms with E-state index in [1.165, 1.54) is 0 Å². The number of thioether (sulfide) groups is 1. The molecule has 110 valence electrons. The monoisotopic (exact) mass is 294 g/mol. The molecular weight excluding hydrogens is 272 g/mol. The van der Waals surface area contributed by atoms with Gasteiger partial charge in [-0.15, -0.1) is 11.8 Å². The molecule has 1 aromatic rings. The topological polar surface area (TPSA) is 42.4 Å². The first-order valence-electron chi connectivity index (χ1n) is 6.90. The maximum atomic E-state index is 12.2. The van der Waals surface area contributed by atoms with Gasteiger partial charge in [-0.25, -0.2) is 9.78 Å². The van der Waals surface area contributed by atoms with Crippen molar-refractivity contribution in [2.45, 2.75) is 50.3 Å². The Morgan fingerprint density at radius 1 is 1.45 bits per heavy atom. The van der Waals surface area contributed by atoms with Crippen molar-refractivity contribution in [3.05, 3.63) is 23.9 Å². The molecule has 1 atom stereocenters. The summed E-state index contributed by atoms with van der Waals surface area (Å²) in [5.74, 6) is 0. The molecule has 2 rings (SSSR count). The van der Waals surface area contributed by atoms with Crippen molar-refractivity contribution in [1.82, 2.24) is 9.88 Å². The molecule has 5 heteroatoms. The number of pyridine rings is 1. The van der Waals surface area contributed by atoms with E-state index in [1.54, 1.807) is 11.8 Å². The van der Waals surface area contributed by atoms with E-state index >= 15 is 0 Å². The number of hydrogen-bond donors (Lipinski definition) is 0. The molecule has 0 radical (unpaired) electrons. The average molecular weight is 294 g/mol. The molecule has 0 aromatic carbocycles. The number of hydrogen-bond acceptors (Lipinski definition) is 4. The molecule has 1 unspecified atom stereocenters. The lowest BCUT2D eigenvalue weighted by molar-refractivity contribution is 0.0224. The highest BCUT2D eigenvalue weighted by Crippen LogP contribution is 2.33. The molecule has 1 aliphatic rings. The van der Waals surface area contributed by atoms with E-state index in [2.05, 4.69) is 11.1 Å². The number of rotatable bonds is 2. The van der Waals surface area contributed by atoms with Crippen LogP contribution in [0.3, 0.4) is 0 Å². The minimum Gasteiger partial charge on any atom is -0.444 e. The number of aromatic nitrogens is 1. The fraction of sp³-hybridized carbons (Fsp3) is 0.600. The van der Waals surface area contributed by atoms with Crippen molar-refractivity contribution in [3.63, 3.8) is 0 Å². The summed E-state index contributed by atoms with van der Waals surface area (Å²) >= 11 is 1.62. The summed E-state index contributed by atoms with van der Waals surface area (Å²) in [6.07, 6.45) is 5.63. The van der Waals surface area contributed by atoms with Gasteiger partial charge in [0.1, 0.15) is 5.60 Å². The average Bonchev–Trinajstić information content (AvgIpc) is 2.86. The second-order valence-electron chi connectivity index (χ2n) is 5.97. The summed E-state index contributed by atoms with van der Waals surface area (Å²) < 4.78 is 5.48. The van der Waals surface area contributed by atoms with Crippen molar-refractivity contribution in [1.29, 1.82) is 0 Å². The Hall–Kier alpha value is -1.23. The Bertz CT molecular complexity index is 468. The summed E-state index contributed by atoms with van der Waals surface area (Å²) in [7, 11) is 0. The summed E-state index contributed by atoms with van der Waals surface area (Å²) in [6.45, 7) is 6.43. The number of amides is 1. The minimum atomic E-state index is -0.453. The van der Waals surface area contributed by atoms with E-state index in [9.17, 15) is 4.79 Å². The first-order chi connectivity index (χ1) is 9.40. The molecule has 1 fully saturated rings. The SMILES string of the molecule is CSc1ccc(C2CCCN2C(=O)OC(C)(C)C)cn1. The fourth-order valence-electron chi connectivity index (χ4n) is 2.36. The van der Waals surface area contributed by atoms with Gasteiger partial charge in [0.15, 0.2) is 0 Å². The lowest BCUT2D eigenvalue weighted by atomic mass is 10.1. The summed E-state index contributed by atoms with van der Waals surface area (Å²) in [5, 5.41) is 0.996. The van der Waals surface area contributed by atoms with E-state index in [1.807, 2.05) is 44.2 Å². The summed E-state index contributed by atoms with van der Waals surface area (Å²) in [4.78, 5) is 18.5. The molecule has 20 heavy (non-hydrogen) atoms. The number of nitrogens with zero attached hydrogens (tertiary/aromatic N) is 2. The molecule has 2 heterocycles. The lowest BCUT2D eigenvalue weighted by Gasteiger charge is -2.28. The zero-order valence-electron chi connectivity index (χ0n) is 12.5. The van der Waals surface area contributed by atoms with Crippen molar-refractivity contribution < 1.29 is 9.53 Å². The molecule has 1 aliphatic heterocycles. The van der Waals surface area contributed by atoms with Crippen LogP contribution in [0.25, 0.3) is 0 Å². The second-order valence-corrected chi connectivity index (χ2v) is 6.79. The molecule has 0 spiro atoms. The Morgan fingerprint density at radius 2 is 2.20 bits per heavy atom. The third-order valence-corrected chi connectivity index (χ3v) is 3.89. The molecule has 1 saturated heterocycles. The van der Waals surface area contributed by atoms with Gasteiger partial charge in [0.2, 0.25) is 0 Å². The highest BCUT2D eigenvalue weighted by Gasteiger charge is 2.33. The van der Waals surface area contributed by atoms with Crippen molar-refractivity contribution in [2.24, 2.45) is 0 Å². The first kappa shape index (κ1) is 15.2. The highest BCUT2D eigenvalue weighted by molar-refractivity contribution is 7.98. The summed E-state index contributed by atoms with van der Waals surface area (Å²) in [5.41, 5.74) is 0.636. The molecule has 0 saturated carbocycles. The van der Waals surface area contributed by atoms with Crippen LogP contribution in [0, 0.1) is 0 Å². The zero-order valence-corrected chi connectivity index (χ0v) is 13.4. The first-order valence-corrected chi connectivity index (χ1v) is 8.13. The minimum absolute atomic E-state index is 0.0910. The van der Waals surface area contributed by atoms with Crippen LogP contribution in [0.5, 0.6) is 0 Å². The second kappa shape index (κ2) is 6.04.